The maximum absolute atomic E-state index is 12.3. The Bertz CT molecular complexity index is 1280. The van der Waals surface area contributed by atoms with E-state index in [1.54, 1.807) is 19.1 Å². The lowest BCUT2D eigenvalue weighted by molar-refractivity contribution is -0.121. The van der Waals surface area contributed by atoms with Crippen LogP contribution in [0.2, 0.25) is 18.1 Å². The fourth-order valence-electron chi connectivity index (χ4n) is 7.97. The van der Waals surface area contributed by atoms with Gasteiger partial charge in [-0.2, -0.15) is 0 Å². The first-order valence-electron chi connectivity index (χ1n) is 17.5. The number of rotatable bonds is 14. The first-order valence-corrected chi connectivity index (χ1v) is 20.5. The molecular weight excluding hydrogens is 607 g/mol. The zero-order valence-electron chi connectivity index (χ0n) is 31.1. The number of hydrogen-bond donors (Lipinski definition) is 2. The highest BCUT2D eigenvalue weighted by molar-refractivity contribution is 6.73. The molecule has 1 amide bonds. The molecule has 3 unspecified atom stereocenters. The zero-order valence-corrected chi connectivity index (χ0v) is 32.1. The van der Waals surface area contributed by atoms with E-state index in [1.165, 1.54) is 5.57 Å². The van der Waals surface area contributed by atoms with Crippen LogP contribution in [-0.4, -0.2) is 63.9 Å². The summed E-state index contributed by atoms with van der Waals surface area (Å²) in [5.41, 5.74) is 3.04. The number of fused-ring (bicyclic) bond motifs is 1. The third-order valence-electron chi connectivity index (χ3n) is 11.3. The molecule has 264 valence electrons. The molecule has 1 aromatic carbocycles. The summed E-state index contributed by atoms with van der Waals surface area (Å²) in [4.78, 5) is 25.9. The van der Waals surface area contributed by atoms with E-state index in [0.717, 1.165) is 24.1 Å². The van der Waals surface area contributed by atoms with Gasteiger partial charge in [-0.3, -0.25) is 4.79 Å². The molecule has 0 spiro atoms. The van der Waals surface area contributed by atoms with Crippen LogP contribution in [0, 0.1) is 41.4 Å². The minimum Gasteiger partial charge on any atom is -0.482 e. The molecule has 1 aromatic rings. The summed E-state index contributed by atoms with van der Waals surface area (Å²) in [5.74, 6) is 1.06. The van der Waals surface area contributed by atoms with Crippen molar-refractivity contribution in [2.24, 2.45) is 41.4 Å². The van der Waals surface area contributed by atoms with E-state index < -0.39 is 19.5 Å². The Labute approximate surface area is 286 Å². The van der Waals surface area contributed by atoms with E-state index in [4.69, 9.17) is 14.2 Å². The minimum atomic E-state index is -2.74. The van der Waals surface area contributed by atoms with Crippen LogP contribution in [0.4, 0.5) is 5.69 Å². The van der Waals surface area contributed by atoms with Crippen molar-refractivity contribution >= 4 is 26.0 Å². The van der Waals surface area contributed by atoms with Gasteiger partial charge in [0.1, 0.15) is 12.5 Å². The highest BCUT2D eigenvalue weighted by atomic mass is 28.4. The fraction of sp³-hybridized carbons (Fsp3) is 0.667. The smallest absolute Gasteiger partial charge is 0.264 e. The molecule has 3 rings (SSSR count). The molecule has 0 bridgehead atoms. The molecule has 7 nitrogen and oxygen atoms in total. The molecule has 2 aliphatic rings. The molecule has 2 N–H and O–H groups in total. The van der Waals surface area contributed by atoms with E-state index in [1.807, 2.05) is 18.2 Å². The van der Waals surface area contributed by atoms with Crippen molar-refractivity contribution < 1.29 is 28.9 Å². The molecule has 0 radical (unpaired) electrons. The summed E-state index contributed by atoms with van der Waals surface area (Å²) in [7, 11) is 0.686. The van der Waals surface area contributed by atoms with Gasteiger partial charge >= 0.3 is 0 Å². The Morgan fingerprint density at radius 2 is 1.85 bits per heavy atom. The van der Waals surface area contributed by atoms with Crippen LogP contribution in [0.1, 0.15) is 73.8 Å². The summed E-state index contributed by atoms with van der Waals surface area (Å²) in [6, 6.07) is 5.91. The number of benzene rings is 1. The van der Waals surface area contributed by atoms with Crippen molar-refractivity contribution in [1.82, 2.24) is 0 Å². The molecule has 0 saturated carbocycles. The van der Waals surface area contributed by atoms with Crippen LogP contribution in [0.3, 0.4) is 0 Å². The van der Waals surface area contributed by atoms with Crippen molar-refractivity contribution in [2.45, 2.75) is 98.6 Å². The Morgan fingerprint density at radius 3 is 2.47 bits per heavy atom. The average molecular weight is 670 g/mol. The Kier molecular flexibility index (Phi) is 13.7. The monoisotopic (exact) mass is 669 g/mol. The van der Waals surface area contributed by atoms with Gasteiger partial charge in [-0.1, -0.05) is 90.5 Å². The maximum atomic E-state index is 12.3. The van der Waals surface area contributed by atoms with Crippen LogP contribution in [0.15, 0.2) is 48.1 Å². The lowest BCUT2D eigenvalue weighted by Crippen LogP contribution is -2.54. The lowest BCUT2D eigenvalue weighted by atomic mass is 9.62. The fourth-order valence-corrected chi connectivity index (χ4v) is 9.17. The van der Waals surface area contributed by atoms with Crippen LogP contribution < -0.4 is 9.64 Å². The summed E-state index contributed by atoms with van der Waals surface area (Å²) in [5, 5.41) is 11.4. The lowest BCUT2D eigenvalue weighted by Gasteiger charge is -2.53. The molecule has 1 aliphatic carbocycles. The third kappa shape index (κ3) is 9.07. The SMILES string of the molecule is CC/C=C\C(C)[C@H](O)[C@@H](C)[C@@H]1C(C(C)(C)[Si](C)(C)O)[C@H]([C@@H](OCOC)C(C)/C=C\c2ccc3c(c2)N(C)C(=O)CO3)C=C(C)C[C@@H]1C. The second-order valence-corrected chi connectivity index (χ2v) is 19.8. The standard InChI is InChI=1S/C39H63NO6Si/c1-13-14-15-26(3)37(42)29(6)35-28(5)20-25(2)21-31(36(35)39(7,8)47(11,12)43)38(46-24-44-10)27(4)16-17-30-18-19-33-32(22-30)40(9)34(41)23-45-33/h14-19,21-22,26-29,31,35-38,42-43H,13,20,23-24H2,1-12H3/b15-14-,17-16-/t26?,27?,28-,29-,31+,35+,36?,37-,38-/m0/s1. The molecule has 8 heteroatoms. The number of likely N-dealkylation sites (N-methyl/N-ethyl adjacent to an activating group) is 1. The van der Waals surface area contributed by atoms with Crippen molar-refractivity contribution in [2.75, 3.05) is 32.5 Å². The highest BCUT2D eigenvalue weighted by Crippen LogP contribution is 2.58. The quantitative estimate of drug-likeness (QED) is 0.118. The number of anilines is 1. The number of aliphatic hydroxyl groups is 1. The third-order valence-corrected chi connectivity index (χ3v) is 14.8. The topological polar surface area (TPSA) is 88.5 Å². The number of ether oxygens (including phenoxy) is 3. The average Bonchev–Trinajstić information content (AvgIpc) is 3.14. The molecule has 0 fully saturated rings. The normalized spacial score (nSPS) is 26.0. The van der Waals surface area contributed by atoms with Gasteiger partial charge in [-0.25, -0.2) is 0 Å². The van der Waals surface area contributed by atoms with Gasteiger partial charge in [-0.15, -0.1) is 0 Å². The molecule has 1 heterocycles. The van der Waals surface area contributed by atoms with E-state index in [-0.39, 0.29) is 60.9 Å². The van der Waals surface area contributed by atoms with Crippen LogP contribution in [0.25, 0.3) is 6.08 Å². The number of carbonyl (C=O) groups excluding carboxylic acids is 1. The molecule has 0 saturated heterocycles. The number of aliphatic hydroxyl groups excluding tert-OH is 1. The first-order chi connectivity index (χ1) is 22.0. The maximum Gasteiger partial charge on any atom is 0.264 e. The Morgan fingerprint density at radius 1 is 1.17 bits per heavy atom. The molecular formula is C39H63NO6Si. The predicted molar refractivity (Wildman–Crippen MR) is 196 cm³/mol. The van der Waals surface area contributed by atoms with Gasteiger partial charge in [0.25, 0.3) is 5.91 Å². The van der Waals surface area contributed by atoms with Crippen molar-refractivity contribution in [3.05, 3.63) is 53.6 Å². The minimum absolute atomic E-state index is 0.00438. The summed E-state index contributed by atoms with van der Waals surface area (Å²) in [6.45, 7) is 22.0. The van der Waals surface area contributed by atoms with Crippen LogP contribution in [0.5, 0.6) is 5.75 Å². The van der Waals surface area contributed by atoms with Crippen LogP contribution >= 0.6 is 0 Å². The Balaban J connectivity index is 2.12. The van der Waals surface area contributed by atoms with Gasteiger partial charge in [0, 0.05) is 31.9 Å². The van der Waals surface area contributed by atoms with Crippen molar-refractivity contribution in [1.29, 1.82) is 0 Å². The Hall–Kier alpha value is -2.23. The predicted octanol–water partition coefficient (Wildman–Crippen LogP) is 8.09. The highest BCUT2D eigenvalue weighted by Gasteiger charge is 2.55. The van der Waals surface area contributed by atoms with E-state index in [0.29, 0.717) is 11.7 Å². The van der Waals surface area contributed by atoms with Gasteiger partial charge in [0.05, 0.1) is 17.9 Å². The second-order valence-electron chi connectivity index (χ2n) is 15.4. The van der Waals surface area contributed by atoms with E-state index in [9.17, 15) is 14.7 Å². The number of allylic oxidation sites excluding steroid dienone is 2. The van der Waals surface area contributed by atoms with Crippen molar-refractivity contribution in [3.8, 4) is 5.75 Å². The number of hydrogen-bond acceptors (Lipinski definition) is 6. The summed E-state index contributed by atoms with van der Waals surface area (Å²) in [6.07, 6.45) is 12.1. The number of methoxy groups -OCH3 is 1. The van der Waals surface area contributed by atoms with E-state index >= 15 is 0 Å². The van der Waals surface area contributed by atoms with Crippen LogP contribution in [-0.2, 0) is 14.3 Å². The van der Waals surface area contributed by atoms with Gasteiger partial charge in [0.15, 0.2) is 14.9 Å². The number of amides is 1. The van der Waals surface area contributed by atoms with E-state index in [2.05, 4.69) is 98.9 Å². The molecule has 1 aliphatic heterocycles. The summed E-state index contributed by atoms with van der Waals surface area (Å²) < 4.78 is 17.8. The first kappa shape index (κ1) is 39.2. The summed E-state index contributed by atoms with van der Waals surface area (Å²) >= 11 is 0. The second kappa shape index (κ2) is 16.4. The van der Waals surface area contributed by atoms with Crippen molar-refractivity contribution in [3.63, 3.8) is 0 Å². The van der Waals surface area contributed by atoms with Gasteiger partial charge in [-0.05, 0) is 79.3 Å². The largest absolute Gasteiger partial charge is 0.482 e. The van der Waals surface area contributed by atoms with Gasteiger partial charge < -0.3 is 29.0 Å². The molecule has 0 aromatic heterocycles. The zero-order chi connectivity index (χ0) is 35.3. The molecule has 9 atom stereocenters. The molecule has 47 heavy (non-hydrogen) atoms. The van der Waals surface area contributed by atoms with Gasteiger partial charge in [0.2, 0.25) is 0 Å². The number of carbonyl (C=O) groups is 1. The number of nitrogens with zero attached hydrogens (tertiary/aromatic N) is 1.